The van der Waals surface area contributed by atoms with E-state index in [1.807, 2.05) is 0 Å². The van der Waals surface area contributed by atoms with Crippen LogP contribution in [0.3, 0.4) is 0 Å². The summed E-state index contributed by atoms with van der Waals surface area (Å²) in [5.41, 5.74) is 10.8. The molecular weight excluding hydrogens is 218 g/mol. The number of rotatable bonds is 2. The van der Waals surface area contributed by atoms with Crippen molar-refractivity contribution in [2.75, 3.05) is 6.54 Å². The highest BCUT2D eigenvalue weighted by atomic mass is 35.5. The summed E-state index contributed by atoms with van der Waals surface area (Å²) in [6, 6.07) is 4.33. The fraction of sp³-hybridized carbons (Fsp3) is 0.571. The van der Waals surface area contributed by atoms with E-state index in [0.29, 0.717) is 0 Å². The van der Waals surface area contributed by atoms with Crippen molar-refractivity contribution in [2.24, 2.45) is 5.73 Å². The second-order valence-electron chi connectivity index (χ2n) is 5.28. The molecular formula is C14H18ClN. The Hall–Kier alpha value is -0.530. The predicted octanol–water partition coefficient (Wildman–Crippen LogP) is 3.21. The van der Waals surface area contributed by atoms with Crippen molar-refractivity contribution in [3.63, 3.8) is 0 Å². The molecule has 1 saturated carbocycles. The van der Waals surface area contributed by atoms with Crippen LogP contribution >= 0.6 is 11.6 Å². The maximum atomic E-state index is 6.23. The average molecular weight is 236 g/mol. The van der Waals surface area contributed by atoms with Gasteiger partial charge in [0.2, 0.25) is 0 Å². The molecule has 0 atom stereocenters. The van der Waals surface area contributed by atoms with Gasteiger partial charge in [-0.15, -0.1) is 0 Å². The summed E-state index contributed by atoms with van der Waals surface area (Å²) < 4.78 is 0. The lowest BCUT2D eigenvalue weighted by Gasteiger charge is -2.43. The summed E-state index contributed by atoms with van der Waals surface area (Å²) in [7, 11) is 0. The van der Waals surface area contributed by atoms with Crippen molar-refractivity contribution >= 4 is 11.6 Å². The van der Waals surface area contributed by atoms with Crippen molar-refractivity contribution < 1.29 is 0 Å². The Balaban J connectivity index is 2.13. The molecule has 0 aliphatic heterocycles. The molecule has 1 aromatic carbocycles. The Morgan fingerprint density at radius 3 is 2.62 bits per heavy atom. The molecule has 1 fully saturated rings. The van der Waals surface area contributed by atoms with Crippen molar-refractivity contribution in [2.45, 2.75) is 43.9 Å². The topological polar surface area (TPSA) is 26.0 Å². The maximum Gasteiger partial charge on any atom is 0.0411 e. The van der Waals surface area contributed by atoms with E-state index in [0.717, 1.165) is 11.6 Å². The Morgan fingerprint density at radius 1 is 1.19 bits per heavy atom. The molecule has 16 heavy (non-hydrogen) atoms. The van der Waals surface area contributed by atoms with E-state index >= 15 is 0 Å². The van der Waals surface area contributed by atoms with E-state index in [4.69, 9.17) is 17.3 Å². The third-order valence-electron chi connectivity index (χ3n) is 4.45. The van der Waals surface area contributed by atoms with Crippen molar-refractivity contribution in [1.29, 1.82) is 0 Å². The Bertz CT molecular complexity index is 415. The molecule has 0 radical (unpaired) electrons. The summed E-state index contributed by atoms with van der Waals surface area (Å²) in [5.74, 6) is 0. The second-order valence-corrected chi connectivity index (χ2v) is 5.72. The van der Waals surface area contributed by atoms with E-state index in [-0.39, 0.29) is 5.41 Å². The first-order chi connectivity index (χ1) is 7.75. The van der Waals surface area contributed by atoms with Crippen molar-refractivity contribution in [1.82, 2.24) is 0 Å². The third-order valence-corrected chi connectivity index (χ3v) is 4.67. The van der Waals surface area contributed by atoms with Crippen LogP contribution in [0.15, 0.2) is 12.1 Å². The summed E-state index contributed by atoms with van der Waals surface area (Å²) in [6.07, 6.45) is 7.52. The number of hydrogen-bond acceptors (Lipinski definition) is 1. The first-order valence-corrected chi connectivity index (χ1v) is 6.65. The molecule has 3 rings (SSSR count). The lowest BCUT2D eigenvalue weighted by Crippen LogP contribution is -2.42. The van der Waals surface area contributed by atoms with Gasteiger partial charge in [-0.3, -0.25) is 0 Å². The third kappa shape index (κ3) is 1.42. The summed E-state index contributed by atoms with van der Waals surface area (Å²) >= 11 is 6.23. The van der Waals surface area contributed by atoms with Gasteiger partial charge in [0.1, 0.15) is 0 Å². The number of aryl methyl sites for hydroxylation is 1. The van der Waals surface area contributed by atoms with E-state index in [2.05, 4.69) is 12.1 Å². The van der Waals surface area contributed by atoms with Crippen LogP contribution in [0.25, 0.3) is 0 Å². The molecule has 1 aromatic rings. The molecule has 2 heteroatoms. The number of nitrogens with two attached hydrogens (primary N) is 1. The molecule has 0 bridgehead atoms. The van der Waals surface area contributed by atoms with Gasteiger partial charge in [-0.1, -0.05) is 18.0 Å². The van der Waals surface area contributed by atoms with Gasteiger partial charge in [0.05, 0.1) is 0 Å². The highest BCUT2D eigenvalue weighted by Gasteiger charge is 2.39. The second kappa shape index (κ2) is 3.75. The van der Waals surface area contributed by atoms with E-state index in [9.17, 15) is 0 Å². The molecule has 1 nitrogen and oxygen atoms in total. The first kappa shape index (κ1) is 10.6. The Kier molecular flexibility index (Phi) is 2.49. The highest BCUT2D eigenvalue weighted by Crippen LogP contribution is 2.47. The minimum atomic E-state index is 0.263. The predicted molar refractivity (Wildman–Crippen MR) is 68.1 cm³/mol. The Labute approximate surface area is 102 Å². The van der Waals surface area contributed by atoms with E-state index < -0.39 is 0 Å². The number of benzene rings is 1. The summed E-state index contributed by atoms with van der Waals surface area (Å²) in [4.78, 5) is 0. The van der Waals surface area contributed by atoms with Crippen molar-refractivity contribution in [3.05, 3.63) is 33.8 Å². The monoisotopic (exact) mass is 235 g/mol. The van der Waals surface area contributed by atoms with E-state index in [1.54, 1.807) is 5.56 Å². The van der Waals surface area contributed by atoms with Gasteiger partial charge >= 0.3 is 0 Å². The van der Waals surface area contributed by atoms with Gasteiger partial charge in [0.25, 0.3) is 0 Å². The van der Waals surface area contributed by atoms with Gasteiger partial charge < -0.3 is 5.73 Å². The van der Waals surface area contributed by atoms with Crippen LogP contribution in [0, 0.1) is 0 Å². The van der Waals surface area contributed by atoms with Crippen LogP contribution in [0.4, 0.5) is 0 Å². The lowest BCUT2D eigenvalue weighted by molar-refractivity contribution is 0.251. The number of halogens is 1. The molecule has 0 amide bonds. The smallest absolute Gasteiger partial charge is 0.0411 e. The fourth-order valence-corrected chi connectivity index (χ4v) is 3.57. The van der Waals surface area contributed by atoms with Gasteiger partial charge in [-0.05, 0) is 60.9 Å². The largest absolute Gasteiger partial charge is 0.330 e. The van der Waals surface area contributed by atoms with Crippen LogP contribution in [-0.2, 0) is 18.3 Å². The maximum absolute atomic E-state index is 6.23. The highest BCUT2D eigenvalue weighted by molar-refractivity contribution is 6.30. The summed E-state index contributed by atoms with van der Waals surface area (Å²) in [6.45, 7) is 0.778. The van der Waals surface area contributed by atoms with Crippen molar-refractivity contribution in [3.8, 4) is 0 Å². The molecule has 86 valence electrons. The molecule has 0 unspecified atom stereocenters. The minimum Gasteiger partial charge on any atom is -0.330 e. The standard InChI is InChI=1S/C14H18ClN/c15-11-7-10-3-1-4-12(10)13(8-11)14(9-16)5-2-6-14/h7-8H,1-6,9,16H2. The van der Waals surface area contributed by atoms with Crippen LogP contribution in [-0.4, -0.2) is 6.54 Å². The van der Waals surface area contributed by atoms with Gasteiger partial charge in [-0.2, -0.15) is 0 Å². The zero-order chi connectivity index (χ0) is 11.2. The SMILES string of the molecule is NCC1(c2cc(Cl)cc3c2CCC3)CCC1. The quantitative estimate of drug-likeness (QED) is 0.837. The zero-order valence-corrected chi connectivity index (χ0v) is 10.3. The Morgan fingerprint density at radius 2 is 2.00 bits per heavy atom. The normalized spacial score (nSPS) is 21.6. The molecule has 0 saturated heterocycles. The number of fused-ring (bicyclic) bond motifs is 1. The molecule has 2 aliphatic carbocycles. The minimum absolute atomic E-state index is 0.263. The zero-order valence-electron chi connectivity index (χ0n) is 9.56. The van der Waals surface area contributed by atoms with Gasteiger partial charge in [0, 0.05) is 17.0 Å². The van der Waals surface area contributed by atoms with Crippen LogP contribution < -0.4 is 5.73 Å². The average Bonchev–Trinajstić information content (AvgIpc) is 2.64. The molecule has 0 heterocycles. The summed E-state index contributed by atoms with van der Waals surface area (Å²) in [5, 5.41) is 0.898. The van der Waals surface area contributed by atoms with Crippen LogP contribution in [0.2, 0.25) is 5.02 Å². The van der Waals surface area contributed by atoms with Gasteiger partial charge in [0.15, 0.2) is 0 Å². The molecule has 0 aromatic heterocycles. The fourth-order valence-electron chi connectivity index (χ4n) is 3.33. The van der Waals surface area contributed by atoms with Crippen LogP contribution in [0.5, 0.6) is 0 Å². The first-order valence-electron chi connectivity index (χ1n) is 6.27. The molecule has 0 spiro atoms. The molecule has 2 N–H and O–H groups in total. The lowest BCUT2D eigenvalue weighted by atomic mass is 9.63. The molecule has 2 aliphatic rings. The van der Waals surface area contributed by atoms with Gasteiger partial charge in [-0.25, -0.2) is 0 Å². The van der Waals surface area contributed by atoms with E-state index in [1.165, 1.54) is 49.7 Å². The number of hydrogen-bond donors (Lipinski definition) is 1. The van der Waals surface area contributed by atoms with Crippen LogP contribution in [0.1, 0.15) is 42.4 Å².